The average molecular weight is 1520 g/mol. The summed E-state index contributed by atoms with van der Waals surface area (Å²) in [5.41, 5.74) is 27.7. The molecule has 24 N–H and O–H groups in total. The maximum atomic E-state index is 13.7. The van der Waals surface area contributed by atoms with Crippen LogP contribution >= 0.6 is 36.2 Å². The van der Waals surface area contributed by atoms with E-state index in [0.717, 1.165) is 23.5 Å². The van der Waals surface area contributed by atoms with Gasteiger partial charge in [-0.1, -0.05) is 0 Å². The van der Waals surface area contributed by atoms with Gasteiger partial charge in [0.2, 0.25) is 106 Å². The first kappa shape index (κ1) is 94.5. The Morgan fingerprint density at radius 1 is 0.291 bits per heavy atom. The standard InChI is InChI=1S/C63H111N19O18S3/c1-37(83)69-27-13-9-21-44(74-38(2)84)59(96)78-42(55(65)92)18-7-14-30-72-53(90)35-102-33-49(58(68)95)82-62(99)47(20-6-12-26-64)80-63(100)50(77-41(5)87)34-103-36-54(91)73-31-15-8-19-43(56(66)93)79-60(97)45(75-39(3)85)22-10-16-28-70-51(88)24-25-52(89)71-29-17-11-23-46(76-40(4)86)61(98)81-48(32-101)57(67)94/h42-50,101H,6-36,64H2,1-5H3,(H2,65,92)(H2,66,93)(H2,67,94)(H2,68,95)(H,69,83)(H,70,88)(H,71,89)(H,72,90)(H,73,91)(H,74,84)(H,75,85)(H,76,86)(H,77,87)(H,78,96)(H,79,97)(H,80,100)(H,81,98)(H,82,99). The molecular formula is C63H111N19O18S3. The Balaban J connectivity index is 5.11. The summed E-state index contributed by atoms with van der Waals surface area (Å²) >= 11 is 5.98. The van der Waals surface area contributed by atoms with Gasteiger partial charge in [-0.3, -0.25) is 86.3 Å². The van der Waals surface area contributed by atoms with Crippen LogP contribution in [-0.2, 0) is 86.3 Å². The Morgan fingerprint density at radius 3 is 0.854 bits per heavy atom. The van der Waals surface area contributed by atoms with E-state index in [4.69, 9.17) is 28.7 Å². The van der Waals surface area contributed by atoms with E-state index < -0.39 is 149 Å². The molecule has 0 saturated carbocycles. The Bertz CT molecular complexity index is 2810. The minimum Gasteiger partial charge on any atom is -0.368 e. The second kappa shape index (κ2) is 56.0. The fraction of sp³-hybridized carbons (Fsp3) is 0.714. The summed E-state index contributed by atoms with van der Waals surface area (Å²) in [7, 11) is 0. The Labute approximate surface area is 614 Å². The third kappa shape index (κ3) is 48.1. The zero-order valence-corrected chi connectivity index (χ0v) is 62.1. The molecular weight excluding hydrogens is 1410 g/mol. The molecule has 18 amide bonds. The molecule has 9 unspecified atom stereocenters. The number of carbonyl (C=O) groups excluding carboxylic acids is 18. The topological polar surface area (TPSA) is 606 Å². The first-order chi connectivity index (χ1) is 48.7. The highest BCUT2D eigenvalue weighted by atomic mass is 32.2. The number of nitrogens with two attached hydrogens (primary N) is 5. The third-order valence-corrected chi connectivity index (χ3v) is 17.5. The van der Waals surface area contributed by atoms with Crippen molar-refractivity contribution in [3.8, 4) is 0 Å². The number of thioether (sulfide) groups is 2. The summed E-state index contributed by atoms with van der Waals surface area (Å²) < 4.78 is 0. The van der Waals surface area contributed by atoms with Crippen molar-refractivity contribution in [2.24, 2.45) is 28.7 Å². The van der Waals surface area contributed by atoms with Gasteiger partial charge in [-0.05, 0) is 122 Å². The second-order valence-corrected chi connectivity index (χ2v) is 26.7. The fourth-order valence-corrected chi connectivity index (χ4v) is 11.7. The van der Waals surface area contributed by atoms with Crippen molar-refractivity contribution in [1.82, 2.24) is 74.4 Å². The van der Waals surface area contributed by atoms with Crippen molar-refractivity contribution in [3.63, 3.8) is 0 Å². The Kier molecular flexibility index (Phi) is 51.4. The smallest absolute Gasteiger partial charge is 0.244 e. The van der Waals surface area contributed by atoms with Crippen LogP contribution in [0.15, 0.2) is 0 Å². The molecule has 0 aliphatic heterocycles. The molecule has 0 fully saturated rings. The highest BCUT2D eigenvalue weighted by Gasteiger charge is 2.31. The van der Waals surface area contributed by atoms with Crippen molar-refractivity contribution in [2.45, 2.75) is 217 Å². The minimum atomic E-state index is -1.29. The van der Waals surface area contributed by atoms with Crippen LogP contribution in [-0.4, -0.2) is 229 Å². The number of rotatable bonds is 59. The van der Waals surface area contributed by atoms with E-state index in [0.29, 0.717) is 83.6 Å². The summed E-state index contributed by atoms with van der Waals surface area (Å²) in [6.45, 7) is 7.66. The van der Waals surface area contributed by atoms with Gasteiger partial charge >= 0.3 is 0 Å². The highest BCUT2D eigenvalue weighted by Crippen LogP contribution is 2.12. The summed E-state index contributed by atoms with van der Waals surface area (Å²) in [5.74, 6) is -11.2. The number of amides is 18. The molecule has 584 valence electrons. The number of hydrogen-bond acceptors (Lipinski definition) is 22. The fourth-order valence-electron chi connectivity index (χ4n) is 9.65. The van der Waals surface area contributed by atoms with Gasteiger partial charge in [-0.15, -0.1) is 23.5 Å². The molecule has 0 aromatic carbocycles. The van der Waals surface area contributed by atoms with Gasteiger partial charge in [0.25, 0.3) is 0 Å². The minimum absolute atomic E-state index is 0.0299. The van der Waals surface area contributed by atoms with E-state index in [9.17, 15) is 86.3 Å². The number of hydrogen-bond donors (Lipinski definition) is 20. The number of nitrogens with one attached hydrogen (secondary N) is 14. The largest absolute Gasteiger partial charge is 0.368 e. The summed E-state index contributed by atoms with van der Waals surface area (Å²) in [5, 5.41) is 36.4. The van der Waals surface area contributed by atoms with Gasteiger partial charge in [0.15, 0.2) is 0 Å². The molecule has 0 spiro atoms. The molecule has 0 aliphatic carbocycles. The van der Waals surface area contributed by atoms with E-state index in [1.54, 1.807) is 0 Å². The molecule has 9 atom stereocenters. The van der Waals surface area contributed by atoms with Crippen molar-refractivity contribution >= 4 is 142 Å². The number of thiol groups is 1. The lowest BCUT2D eigenvalue weighted by Gasteiger charge is -2.24. The molecule has 0 aliphatic rings. The SMILES string of the molecule is CC(=O)NCCCCC(NC(C)=O)C(=O)NC(CCCCNC(=O)CSCC(NC(=O)C(CCCCN)NC(=O)C(CSCC(=O)NCCCCC(NC(=O)C(CCCCNC(=O)CCC(=O)NCCCCC(NC(C)=O)C(=O)NC(CS)C(N)=O)NC(C)=O)C(N)=O)NC(C)=O)C(N)=O)C(N)=O. The van der Waals surface area contributed by atoms with Crippen LogP contribution in [0.2, 0.25) is 0 Å². The van der Waals surface area contributed by atoms with Crippen LogP contribution in [0.4, 0.5) is 0 Å². The van der Waals surface area contributed by atoms with Gasteiger partial charge in [0, 0.05) is 97.4 Å². The quantitative estimate of drug-likeness (QED) is 0.0199. The predicted molar refractivity (Wildman–Crippen MR) is 387 cm³/mol. The van der Waals surface area contributed by atoms with E-state index >= 15 is 0 Å². The lowest BCUT2D eigenvalue weighted by Crippen LogP contribution is -2.57. The molecule has 37 nitrogen and oxygen atoms in total. The maximum Gasteiger partial charge on any atom is 0.244 e. The monoisotopic (exact) mass is 1520 g/mol. The summed E-state index contributed by atoms with van der Waals surface area (Å²) in [6, 6.07) is -9.89. The van der Waals surface area contributed by atoms with E-state index in [2.05, 4.69) is 87.1 Å². The second-order valence-electron chi connectivity index (χ2n) is 24.3. The van der Waals surface area contributed by atoms with Gasteiger partial charge < -0.3 is 103 Å². The van der Waals surface area contributed by atoms with Crippen molar-refractivity contribution in [2.75, 3.05) is 68.0 Å². The van der Waals surface area contributed by atoms with Gasteiger partial charge in [-0.25, -0.2) is 0 Å². The number of carbonyl (C=O) groups is 18. The van der Waals surface area contributed by atoms with Crippen molar-refractivity contribution in [3.05, 3.63) is 0 Å². The van der Waals surface area contributed by atoms with Crippen LogP contribution in [0.25, 0.3) is 0 Å². The van der Waals surface area contributed by atoms with Gasteiger partial charge in [-0.2, -0.15) is 12.6 Å². The van der Waals surface area contributed by atoms with Crippen LogP contribution < -0.4 is 103 Å². The lowest BCUT2D eigenvalue weighted by molar-refractivity contribution is -0.132. The van der Waals surface area contributed by atoms with Gasteiger partial charge in [0.05, 0.1) is 11.5 Å². The first-order valence-corrected chi connectivity index (χ1v) is 37.2. The molecule has 0 aromatic heterocycles. The average Bonchev–Trinajstić information content (AvgIpc) is 0.893. The van der Waals surface area contributed by atoms with Crippen LogP contribution in [0.3, 0.4) is 0 Å². The van der Waals surface area contributed by atoms with Gasteiger partial charge in [0.1, 0.15) is 54.4 Å². The molecule has 0 bridgehead atoms. The maximum absolute atomic E-state index is 13.7. The van der Waals surface area contributed by atoms with E-state index in [1.807, 2.05) is 0 Å². The van der Waals surface area contributed by atoms with Crippen molar-refractivity contribution < 1.29 is 86.3 Å². The zero-order chi connectivity index (χ0) is 77.8. The van der Waals surface area contributed by atoms with Crippen molar-refractivity contribution in [1.29, 1.82) is 0 Å². The lowest BCUT2D eigenvalue weighted by atomic mass is 10.1. The van der Waals surface area contributed by atoms with E-state index in [-0.39, 0.29) is 125 Å². The summed E-state index contributed by atoms with van der Waals surface area (Å²) in [6.07, 6.45) is 5.55. The molecule has 40 heteroatoms. The Hall–Kier alpha value is -8.53. The molecule has 0 radical (unpaired) electrons. The first-order valence-electron chi connectivity index (χ1n) is 34.3. The number of primary amides is 4. The van der Waals surface area contributed by atoms with Crippen LogP contribution in [0.5, 0.6) is 0 Å². The number of unbranched alkanes of at least 4 members (excludes halogenated alkanes) is 6. The van der Waals surface area contributed by atoms with E-state index in [1.165, 1.54) is 34.6 Å². The third-order valence-electron chi connectivity index (χ3n) is 15.1. The Morgan fingerprint density at radius 2 is 0.544 bits per heavy atom. The molecule has 0 heterocycles. The molecule has 0 saturated heterocycles. The molecule has 0 rings (SSSR count). The highest BCUT2D eigenvalue weighted by molar-refractivity contribution is 8.00. The molecule has 0 aromatic rings. The zero-order valence-electron chi connectivity index (χ0n) is 59.6. The molecule has 103 heavy (non-hydrogen) atoms. The predicted octanol–water partition coefficient (Wildman–Crippen LogP) is -5.87. The van der Waals surface area contributed by atoms with Crippen LogP contribution in [0.1, 0.15) is 163 Å². The normalized spacial score (nSPS) is 13.4. The van der Waals surface area contributed by atoms with Crippen LogP contribution in [0, 0.1) is 0 Å². The summed E-state index contributed by atoms with van der Waals surface area (Å²) in [4.78, 5) is 224.